The standard InChI is InChI=1S/C12H24N4/c1-6-7-16(9(2)3)12-11(8-13)10(4)14-15(12)5/h9H,6-8,13H2,1-5H3. The fourth-order valence-corrected chi connectivity index (χ4v) is 2.14. The molecule has 92 valence electrons. The molecule has 1 aromatic rings. The fourth-order valence-electron chi connectivity index (χ4n) is 2.14. The maximum Gasteiger partial charge on any atom is 0.131 e. The van der Waals surface area contributed by atoms with Gasteiger partial charge in [-0.05, 0) is 27.2 Å². The molecule has 0 unspecified atom stereocenters. The van der Waals surface area contributed by atoms with Gasteiger partial charge < -0.3 is 10.6 Å². The SMILES string of the molecule is CCCN(c1c(CN)c(C)nn1C)C(C)C. The minimum atomic E-state index is 0.472. The van der Waals surface area contributed by atoms with E-state index in [1.54, 1.807) is 0 Å². The van der Waals surface area contributed by atoms with Crippen LogP contribution in [-0.4, -0.2) is 22.4 Å². The molecule has 0 saturated carbocycles. The fraction of sp³-hybridized carbons (Fsp3) is 0.750. The lowest BCUT2D eigenvalue weighted by molar-refractivity contribution is 0.626. The molecule has 2 N–H and O–H groups in total. The molecule has 0 bridgehead atoms. The quantitative estimate of drug-likeness (QED) is 0.829. The average Bonchev–Trinajstić information content (AvgIpc) is 2.49. The maximum atomic E-state index is 5.82. The van der Waals surface area contributed by atoms with Crippen LogP contribution in [-0.2, 0) is 13.6 Å². The Bertz CT molecular complexity index is 341. The second-order valence-electron chi connectivity index (χ2n) is 4.50. The Balaban J connectivity index is 3.16. The molecule has 0 radical (unpaired) electrons. The summed E-state index contributed by atoms with van der Waals surface area (Å²) in [6.07, 6.45) is 1.13. The maximum absolute atomic E-state index is 5.82. The van der Waals surface area contributed by atoms with Crippen molar-refractivity contribution in [3.63, 3.8) is 0 Å². The molecule has 0 aliphatic rings. The first-order valence-electron chi connectivity index (χ1n) is 6.02. The molecule has 0 aliphatic carbocycles. The summed E-state index contributed by atoms with van der Waals surface area (Å²) in [7, 11) is 1.99. The number of nitrogens with two attached hydrogens (primary N) is 1. The van der Waals surface area contributed by atoms with E-state index in [2.05, 4.69) is 30.8 Å². The summed E-state index contributed by atoms with van der Waals surface area (Å²) in [6.45, 7) is 10.2. The second-order valence-corrected chi connectivity index (χ2v) is 4.50. The third-order valence-electron chi connectivity index (χ3n) is 2.88. The molecule has 1 heterocycles. The van der Waals surface area contributed by atoms with Crippen LogP contribution in [0.15, 0.2) is 0 Å². The van der Waals surface area contributed by atoms with Crippen molar-refractivity contribution in [1.82, 2.24) is 9.78 Å². The third-order valence-corrected chi connectivity index (χ3v) is 2.88. The summed E-state index contributed by atoms with van der Waals surface area (Å²) >= 11 is 0. The number of anilines is 1. The molecule has 4 heteroatoms. The van der Waals surface area contributed by atoms with Gasteiger partial charge in [-0.25, -0.2) is 0 Å². The molecule has 0 saturated heterocycles. The van der Waals surface area contributed by atoms with E-state index in [9.17, 15) is 0 Å². The smallest absolute Gasteiger partial charge is 0.131 e. The van der Waals surface area contributed by atoms with Crippen LogP contribution < -0.4 is 10.6 Å². The Hall–Kier alpha value is -1.03. The molecule has 0 atom stereocenters. The lowest BCUT2D eigenvalue weighted by atomic mass is 10.2. The summed E-state index contributed by atoms with van der Waals surface area (Å²) in [4.78, 5) is 2.38. The van der Waals surface area contributed by atoms with Gasteiger partial charge in [0.1, 0.15) is 5.82 Å². The average molecular weight is 224 g/mol. The lowest BCUT2D eigenvalue weighted by Gasteiger charge is -2.29. The van der Waals surface area contributed by atoms with Crippen LogP contribution in [0.4, 0.5) is 5.82 Å². The van der Waals surface area contributed by atoms with Gasteiger partial charge in [0.15, 0.2) is 0 Å². The molecule has 4 nitrogen and oxygen atoms in total. The molecule has 1 aromatic heterocycles. The van der Waals surface area contributed by atoms with Crippen molar-refractivity contribution >= 4 is 5.82 Å². The number of aryl methyl sites for hydroxylation is 2. The molecule has 0 spiro atoms. The zero-order valence-corrected chi connectivity index (χ0v) is 11.1. The zero-order valence-electron chi connectivity index (χ0n) is 11.1. The number of nitrogens with zero attached hydrogens (tertiary/aromatic N) is 3. The minimum absolute atomic E-state index is 0.472. The number of aromatic nitrogens is 2. The van der Waals surface area contributed by atoms with Gasteiger partial charge in [-0.3, -0.25) is 4.68 Å². The van der Waals surface area contributed by atoms with Crippen molar-refractivity contribution in [2.75, 3.05) is 11.4 Å². The van der Waals surface area contributed by atoms with Gasteiger partial charge in [0, 0.05) is 31.7 Å². The van der Waals surface area contributed by atoms with Crippen LogP contribution in [0.25, 0.3) is 0 Å². The van der Waals surface area contributed by atoms with Crippen molar-refractivity contribution < 1.29 is 0 Å². The second kappa shape index (κ2) is 5.34. The summed E-state index contributed by atoms with van der Waals surface area (Å²) in [5.74, 6) is 1.18. The number of hydrogen-bond donors (Lipinski definition) is 1. The zero-order chi connectivity index (χ0) is 12.3. The van der Waals surface area contributed by atoms with E-state index >= 15 is 0 Å². The Kier molecular flexibility index (Phi) is 4.35. The molecular formula is C12H24N4. The summed E-state index contributed by atoms with van der Waals surface area (Å²) in [5, 5.41) is 4.46. The summed E-state index contributed by atoms with van der Waals surface area (Å²) < 4.78 is 1.95. The first-order chi connectivity index (χ1) is 7.52. The largest absolute Gasteiger partial charge is 0.354 e. The van der Waals surface area contributed by atoms with Gasteiger partial charge >= 0.3 is 0 Å². The minimum Gasteiger partial charge on any atom is -0.354 e. The van der Waals surface area contributed by atoms with Gasteiger partial charge in [0.25, 0.3) is 0 Å². The van der Waals surface area contributed by atoms with Crippen LogP contribution in [0.5, 0.6) is 0 Å². The predicted octanol–water partition coefficient (Wildman–Crippen LogP) is 1.81. The van der Waals surface area contributed by atoms with Gasteiger partial charge in [-0.1, -0.05) is 6.92 Å². The Labute approximate surface area is 98.4 Å². The molecule has 0 aliphatic heterocycles. The van der Waals surface area contributed by atoms with Crippen LogP contribution in [0.1, 0.15) is 38.4 Å². The summed E-state index contributed by atoms with van der Waals surface area (Å²) in [6, 6.07) is 0.472. The summed E-state index contributed by atoms with van der Waals surface area (Å²) in [5.41, 5.74) is 8.03. The highest BCUT2D eigenvalue weighted by Gasteiger charge is 2.19. The Morgan fingerprint density at radius 2 is 2.06 bits per heavy atom. The highest BCUT2D eigenvalue weighted by molar-refractivity contribution is 5.50. The van der Waals surface area contributed by atoms with E-state index in [-0.39, 0.29) is 0 Å². The Morgan fingerprint density at radius 1 is 1.44 bits per heavy atom. The van der Waals surface area contributed by atoms with Crippen LogP contribution in [0.2, 0.25) is 0 Å². The molecule has 16 heavy (non-hydrogen) atoms. The molecule has 0 fully saturated rings. The molecule has 0 aromatic carbocycles. The van der Waals surface area contributed by atoms with Crippen molar-refractivity contribution in [2.45, 2.75) is 46.7 Å². The van der Waals surface area contributed by atoms with Gasteiger partial charge in [0.05, 0.1) is 5.69 Å². The molecule has 1 rings (SSSR count). The van der Waals surface area contributed by atoms with Crippen molar-refractivity contribution in [3.05, 3.63) is 11.3 Å². The van der Waals surface area contributed by atoms with Crippen molar-refractivity contribution in [2.24, 2.45) is 12.8 Å². The predicted molar refractivity (Wildman–Crippen MR) is 68.6 cm³/mol. The Morgan fingerprint density at radius 3 is 2.50 bits per heavy atom. The van der Waals surface area contributed by atoms with E-state index in [1.807, 2.05) is 18.7 Å². The van der Waals surface area contributed by atoms with E-state index in [0.29, 0.717) is 12.6 Å². The normalized spacial score (nSPS) is 11.2. The van der Waals surface area contributed by atoms with E-state index in [4.69, 9.17) is 5.73 Å². The first-order valence-corrected chi connectivity index (χ1v) is 6.02. The highest BCUT2D eigenvalue weighted by atomic mass is 15.4. The lowest BCUT2D eigenvalue weighted by Crippen LogP contribution is -2.34. The highest BCUT2D eigenvalue weighted by Crippen LogP contribution is 2.24. The van der Waals surface area contributed by atoms with Crippen LogP contribution in [0, 0.1) is 6.92 Å². The van der Waals surface area contributed by atoms with E-state index in [0.717, 1.165) is 18.7 Å². The van der Waals surface area contributed by atoms with Crippen LogP contribution in [0.3, 0.4) is 0 Å². The first kappa shape index (κ1) is 13.0. The van der Waals surface area contributed by atoms with E-state index < -0.39 is 0 Å². The number of rotatable bonds is 5. The number of hydrogen-bond acceptors (Lipinski definition) is 3. The topological polar surface area (TPSA) is 47.1 Å². The third kappa shape index (κ3) is 2.38. The van der Waals surface area contributed by atoms with E-state index in [1.165, 1.54) is 11.4 Å². The van der Waals surface area contributed by atoms with Gasteiger partial charge in [0.2, 0.25) is 0 Å². The molecular weight excluding hydrogens is 200 g/mol. The monoisotopic (exact) mass is 224 g/mol. The molecule has 0 amide bonds. The van der Waals surface area contributed by atoms with Crippen LogP contribution >= 0.6 is 0 Å². The van der Waals surface area contributed by atoms with Gasteiger partial charge in [-0.2, -0.15) is 5.10 Å². The van der Waals surface area contributed by atoms with Crippen molar-refractivity contribution in [1.29, 1.82) is 0 Å². The van der Waals surface area contributed by atoms with Gasteiger partial charge in [-0.15, -0.1) is 0 Å². The van der Waals surface area contributed by atoms with Crippen molar-refractivity contribution in [3.8, 4) is 0 Å².